The van der Waals surface area contributed by atoms with E-state index in [-0.39, 0.29) is 11.5 Å². The van der Waals surface area contributed by atoms with Gasteiger partial charge in [0.05, 0.1) is 11.7 Å². The molecule has 0 N–H and O–H groups in total. The molecule has 4 aromatic rings. The van der Waals surface area contributed by atoms with Crippen molar-refractivity contribution in [2.24, 2.45) is 0 Å². The van der Waals surface area contributed by atoms with E-state index >= 15 is 0 Å². The first-order valence-electron chi connectivity index (χ1n) is 11.1. The average Bonchev–Trinajstić information content (AvgIpc) is 3.50. The smallest absolute Gasteiger partial charge is 0.262 e. The van der Waals surface area contributed by atoms with Gasteiger partial charge in [-0.05, 0) is 23.9 Å². The summed E-state index contributed by atoms with van der Waals surface area (Å²) in [6.07, 6.45) is 1.88. The molecule has 1 fully saturated rings. The van der Waals surface area contributed by atoms with Gasteiger partial charge in [-0.25, -0.2) is 4.98 Å². The molecule has 0 aliphatic carbocycles. The Morgan fingerprint density at radius 2 is 1.85 bits per heavy atom. The minimum absolute atomic E-state index is 0.0783. The van der Waals surface area contributed by atoms with Crippen molar-refractivity contribution in [1.82, 2.24) is 19.4 Å². The molecular formula is C25H26N4O2S2. The molecule has 1 aromatic carbocycles. The highest BCUT2D eigenvalue weighted by atomic mass is 32.1. The molecule has 3 aromatic heterocycles. The van der Waals surface area contributed by atoms with Crippen LogP contribution in [0, 0.1) is 6.92 Å². The Labute approximate surface area is 200 Å². The van der Waals surface area contributed by atoms with Gasteiger partial charge in [-0.2, -0.15) is 0 Å². The topological polar surface area (TPSA) is 58.4 Å². The van der Waals surface area contributed by atoms with Gasteiger partial charge in [-0.1, -0.05) is 35.9 Å². The van der Waals surface area contributed by atoms with Crippen molar-refractivity contribution in [2.75, 3.05) is 26.2 Å². The van der Waals surface area contributed by atoms with Crippen LogP contribution in [0.4, 0.5) is 0 Å². The Hall–Kier alpha value is -2.81. The van der Waals surface area contributed by atoms with Gasteiger partial charge in [0.25, 0.3) is 5.56 Å². The number of nitrogens with zero attached hydrogens (tertiary/aromatic N) is 4. The summed E-state index contributed by atoms with van der Waals surface area (Å²) in [6.45, 7) is 6.57. The lowest BCUT2D eigenvalue weighted by Gasteiger charge is -2.34. The number of hydrogen-bond acceptors (Lipinski definition) is 6. The van der Waals surface area contributed by atoms with Crippen LogP contribution < -0.4 is 5.56 Å². The number of carbonyl (C=O) groups excluding carboxylic acids is 1. The number of aryl methyl sites for hydroxylation is 2. The van der Waals surface area contributed by atoms with Gasteiger partial charge in [-0.15, -0.1) is 22.7 Å². The molecule has 0 unspecified atom stereocenters. The van der Waals surface area contributed by atoms with Crippen molar-refractivity contribution >= 4 is 38.8 Å². The standard InChI is InChI=1S/C25H26N4O2S2/c1-18-4-6-19(7-5-18)21-16-33-24-23(21)25(31)29(17-26-24)9-8-22(30)28-12-10-27(11-13-28)15-20-3-2-14-32-20/h2-7,14,16-17H,8-13,15H2,1H3. The predicted octanol–water partition coefficient (Wildman–Crippen LogP) is 4.23. The maximum Gasteiger partial charge on any atom is 0.262 e. The number of amides is 1. The van der Waals surface area contributed by atoms with E-state index < -0.39 is 0 Å². The van der Waals surface area contributed by atoms with E-state index in [0.29, 0.717) is 18.4 Å². The van der Waals surface area contributed by atoms with Gasteiger partial charge in [0.2, 0.25) is 5.91 Å². The summed E-state index contributed by atoms with van der Waals surface area (Å²) < 4.78 is 1.58. The van der Waals surface area contributed by atoms with E-state index in [1.807, 2.05) is 41.5 Å². The Morgan fingerprint density at radius 3 is 2.58 bits per heavy atom. The Bertz CT molecular complexity index is 1300. The number of rotatable bonds is 6. The van der Waals surface area contributed by atoms with E-state index in [4.69, 9.17) is 0 Å². The number of thiophene rings is 2. The zero-order chi connectivity index (χ0) is 22.8. The first kappa shape index (κ1) is 22.0. The summed E-state index contributed by atoms with van der Waals surface area (Å²) in [5, 5.41) is 4.74. The van der Waals surface area contributed by atoms with E-state index in [1.165, 1.54) is 21.8 Å². The van der Waals surface area contributed by atoms with Gasteiger partial charge < -0.3 is 4.90 Å². The molecule has 1 aliphatic heterocycles. The van der Waals surface area contributed by atoms with Crippen LogP contribution in [0.15, 0.2) is 58.3 Å². The molecule has 8 heteroatoms. The summed E-state index contributed by atoms with van der Waals surface area (Å²) in [5.74, 6) is 0.0989. The fraction of sp³-hybridized carbons (Fsp3) is 0.320. The summed E-state index contributed by atoms with van der Waals surface area (Å²) in [4.78, 5) is 36.9. The van der Waals surface area contributed by atoms with Crippen LogP contribution in [0.5, 0.6) is 0 Å². The molecule has 6 nitrogen and oxygen atoms in total. The highest BCUT2D eigenvalue weighted by Gasteiger charge is 2.21. The van der Waals surface area contributed by atoms with E-state index in [9.17, 15) is 9.59 Å². The van der Waals surface area contributed by atoms with E-state index in [2.05, 4.69) is 27.4 Å². The Morgan fingerprint density at radius 1 is 1.06 bits per heavy atom. The summed E-state index contributed by atoms with van der Waals surface area (Å²) in [5.41, 5.74) is 3.03. The molecular weight excluding hydrogens is 452 g/mol. The van der Waals surface area contributed by atoms with Crippen molar-refractivity contribution in [3.8, 4) is 11.1 Å². The molecule has 1 saturated heterocycles. The molecule has 4 heterocycles. The lowest BCUT2D eigenvalue weighted by molar-refractivity contribution is -0.133. The maximum absolute atomic E-state index is 13.2. The Balaban J connectivity index is 1.24. The molecule has 1 amide bonds. The zero-order valence-electron chi connectivity index (χ0n) is 18.6. The summed E-state index contributed by atoms with van der Waals surface area (Å²) in [7, 11) is 0. The molecule has 5 rings (SSSR count). The normalized spacial score (nSPS) is 14.8. The van der Waals surface area contributed by atoms with Crippen LogP contribution in [0.25, 0.3) is 21.3 Å². The van der Waals surface area contributed by atoms with Crippen LogP contribution in [0.3, 0.4) is 0 Å². The molecule has 0 saturated carbocycles. The number of carbonyl (C=O) groups is 1. The van der Waals surface area contributed by atoms with Crippen LogP contribution in [-0.2, 0) is 17.9 Å². The highest BCUT2D eigenvalue weighted by Crippen LogP contribution is 2.30. The number of benzene rings is 1. The van der Waals surface area contributed by atoms with Crippen molar-refractivity contribution in [2.45, 2.75) is 26.4 Å². The van der Waals surface area contributed by atoms with Gasteiger partial charge in [-0.3, -0.25) is 19.1 Å². The van der Waals surface area contributed by atoms with E-state index in [0.717, 1.165) is 48.7 Å². The largest absolute Gasteiger partial charge is 0.340 e. The molecule has 0 spiro atoms. The predicted molar refractivity (Wildman–Crippen MR) is 135 cm³/mol. The first-order chi connectivity index (χ1) is 16.1. The average molecular weight is 479 g/mol. The van der Waals surface area contributed by atoms with E-state index in [1.54, 1.807) is 22.2 Å². The molecule has 0 radical (unpaired) electrons. The minimum atomic E-state index is -0.0783. The third-order valence-corrected chi connectivity index (χ3v) is 7.92. The second-order valence-electron chi connectivity index (χ2n) is 8.42. The molecule has 0 atom stereocenters. The quantitative estimate of drug-likeness (QED) is 0.416. The number of fused-ring (bicyclic) bond motifs is 1. The highest BCUT2D eigenvalue weighted by molar-refractivity contribution is 7.17. The Kier molecular flexibility index (Phi) is 6.39. The zero-order valence-corrected chi connectivity index (χ0v) is 20.2. The molecule has 1 aliphatic rings. The minimum Gasteiger partial charge on any atom is -0.340 e. The van der Waals surface area contributed by atoms with Crippen molar-refractivity contribution in [3.63, 3.8) is 0 Å². The lowest BCUT2D eigenvalue weighted by Crippen LogP contribution is -2.48. The van der Waals surface area contributed by atoms with Gasteiger partial charge in [0, 0.05) is 61.5 Å². The van der Waals surface area contributed by atoms with Gasteiger partial charge >= 0.3 is 0 Å². The fourth-order valence-electron chi connectivity index (χ4n) is 4.22. The van der Waals surface area contributed by atoms with Crippen LogP contribution in [-0.4, -0.2) is 51.4 Å². The molecule has 33 heavy (non-hydrogen) atoms. The van der Waals surface area contributed by atoms with Crippen molar-refractivity contribution in [3.05, 3.63) is 74.3 Å². The third kappa shape index (κ3) is 4.78. The maximum atomic E-state index is 13.2. The van der Waals surface area contributed by atoms with Crippen LogP contribution in [0.2, 0.25) is 0 Å². The van der Waals surface area contributed by atoms with Crippen LogP contribution in [0.1, 0.15) is 16.9 Å². The second kappa shape index (κ2) is 9.59. The van der Waals surface area contributed by atoms with Gasteiger partial charge in [0.1, 0.15) is 4.83 Å². The monoisotopic (exact) mass is 478 g/mol. The third-order valence-electron chi connectivity index (χ3n) is 6.17. The fourth-order valence-corrected chi connectivity index (χ4v) is 5.88. The first-order valence-corrected chi connectivity index (χ1v) is 12.9. The SMILES string of the molecule is Cc1ccc(-c2csc3ncn(CCC(=O)N4CCN(Cc5cccs5)CC4)c(=O)c23)cc1. The number of aromatic nitrogens is 2. The summed E-state index contributed by atoms with van der Waals surface area (Å²) >= 11 is 3.25. The lowest BCUT2D eigenvalue weighted by atomic mass is 10.1. The second-order valence-corrected chi connectivity index (χ2v) is 10.3. The molecule has 170 valence electrons. The van der Waals surface area contributed by atoms with Gasteiger partial charge in [0.15, 0.2) is 0 Å². The number of piperazine rings is 1. The van der Waals surface area contributed by atoms with Crippen molar-refractivity contribution in [1.29, 1.82) is 0 Å². The van der Waals surface area contributed by atoms with Crippen molar-refractivity contribution < 1.29 is 4.79 Å². The summed E-state index contributed by atoms with van der Waals surface area (Å²) in [6, 6.07) is 12.4. The molecule has 0 bridgehead atoms. The number of hydrogen-bond donors (Lipinski definition) is 0. The van der Waals surface area contributed by atoms with Crippen LogP contribution >= 0.6 is 22.7 Å².